The quantitative estimate of drug-likeness (QED) is 0.731. The fraction of sp³-hybridized carbons (Fsp3) is 0.250. The molecule has 2 aromatic heterocycles. The number of nitrogens with zero attached hydrogens (tertiary/aromatic N) is 3. The minimum Gasteiger partial charge on any atom is -0.496 e. The smallest absolute Gasteiger partial charge is 0.123 e. The Morgan fingerprint density at radius 3 is 2.81 bits per heavy atom. The normalized spacial score (nSPS) is 11.0. The molecule has 0 N–H and O–H groups in total. The van der Waals surface area contributed by atoms with Gasteiger partial charge in [0, 0.05) is 29.3 Å². The summed E-state index contributed by atoms with van der Waals surface area (Å²) in [6, 6.07) is 5.74. The summed E-state index contributed by atoms with van der Waals surface area (Å²) in [5.41, 5.74) is 3.63. The molecule has 3 aromatic rings. The first-order valence-corrected chi connectivity index (χ1v) is 7.18. The maximum absolute atomic E-state index is 6.41. The molecule has 0 unspecified atom stereocenters. The molecule has 5 heteroatoms. The van der Waals surface area contributed by atoms with Crippen LogP contribution in [0, 0.1) is 6.92 Å². The third-order valence-corrected chi connectivity index (χ3v) is 3.92. The van der Waals surface area contributed by atoms with Crippen molar-refractivity contribution < 1.29 is 4.74 Å². The highest BCUT2D eigenvalue weighted by atomic mass is 35.5. The molecule has 0 aliphatic heterocycles. The van der Waals surface area contributed by atoms with E-state index in [0.717, 1.165) is 40.0 Å². The Balaban J connectivity index is 2.23. The van der Waals surface area contributed by atoms with E-state index in [1.165, 1.54) is 0 Å². The highest BCUT2D eigenvalue weighted by Crippen LogP contribution is 2.33. The Morgan fingerprint density at radius 1 is 1.33 bits per heavy atom. The lowest BCUT2D eigenvalue weighted by Gasteiger charge is -2.10. The molecular weight excluding hydrogens is 286 g/mol. The van der Waals surface area contributed by atoms with Crippen molar-refractivity contribution >= 4 is 22.5 Å². The van der Waals surface area contributed by atoms with Gasteiger partial charge >= 0.3 is 0 Å². The summed E-state index contributed by atoms with van der Waals surface area (Å²) in [4.78, 5) is 4.74. The molecule has 0 saturated carbocycles. The van der Waals surface area contributed by atoms with Gasteiger partial charge in [-0.25, -0.2) is 4.98 Å². The number of fused-ring (bicyclic) bond motifs is 1. The van der Waals surface area contributed by atoms with Gasteiger partial charge in [0.05, 0.1) is 29.5 Å². The van der Waals surface area contributed by atoms with E-state index in [2.05, 4.69) is 5.10 Å². The number of aromatic nitrogens is 3. The fourth-order valence-corrected chi connectivity index (χ4v) is 2.66. The van der Waals surface area contributed by atoms with Crippen LogP contribution in [0.15, 0.2) is 30.6 Å². The second-order valence-corrected chi connectivity index (χ2v) is 5.27. The van der Waals surface area contributed by atoms with Gasteiger partial charge in [0.1, 0.15) is 5.75 Å². The van der Waals surface area contributed by atoms with Crippen LogP contribution in [0.5, 0.6) is 5.75 Å². The summed E-state index contributed by atoms with van der Waals surface area (Å²) < 4.78 is 7.23. The van der Waals surface area contributed by atoms with E-state index in [-0.39, 0.29) is 0 Å². The van der Waals surface area contributed by atoms with Gasteiger partial charge in [-0.2, -0.15) is 5.10 Å². The van der Waals surface area contributed by atoms with Crippen molar-refractivity contribution in [1.29, 1.82) is 0 Å². The zero-order valence-corrected chi connectivity index (χ0v) is 13.0. The number of halogens is 1. The second-order valence-electron chi connectivity index (χ2n) is 4.86. The summed E-state index contributed by atoms with van der Waals surface area (Å²) in [7, 11) is 1.66. The van der Waals surface area contributed by atoms with Crippen molar-refractivity contribution in [3.05, 3.63) is 41.2 Å². The predicted octanol–water partition coefficient (Wildman–Crippen LogP) is 4.09. The van der Waals surface area contributed by atoms with Crippen molar-refractivity contribution in [3.63, 3.8) is 0 Å². The Bertz CT molecular complexity index is 811. The van der Waals surface area contributed by atoms with Gasteiger partial charge in [-0.05, 0) is 32.0 Å². The molecule has 0 spiro atoms. The van der Waals surface area contributed by atoms with Crippen LogP contribution in [-0.2, 0) is 6.54 Å². The van der Waals surface area contributed by atoms with Crippen molar-refractivity contribution in [2.24, 2.45) is 0 Å². The molecule has 0 aliphatic rings. The average Bonchev–Trinajstić information content (AvgIpc) is 2.97. The van der Waals surface area contributed by atoms with Crippen LogP contribution in [0.1, 0.15) is 12.5 Å². The molecule has 0 amide bonds. The topological polar surface area (TPSA) is 39.9 Å². The molecule has 0 radical (unpaired) electrons. The van der Waals surface area contributed by atoms with Gasteiger partial charge in [-0.15, -0.1) is 0 Å². The largest absolute Gasteiger partial charge is 0.496 e. The van der Waals surface area contributed by atoms with Gasteiger partial charge in [0.2, 0.25) is 0 Å². The first-order chi connectivity index (χ1) is 10.1. The number of methoxy groups -OCH3 is 1. The highest BCUT2D eigenvalue weighted by Gasteiger charge is 2.12. The Hall–Kier alpha value is -2.07. The van der Waals surface area contributed by atoms with Crippen molar-refractivity contribution in [2.75, 3.05) is 7.11 Å². The number of pyridine rings is 1. The first-order valence-electron chi connectivity index (χ1n) is 6.80. The molecule has 0 fully saturated rings. The Morgan fingerprint density at radius 2 is 2.14 bits per heavy atom. The van der Waals surface area contributed by atoms with Crippen molar-refractivity contribution in [1.82, 2.24) is 14.8 Å². The zero-order valence-electron chi connectivity index (χ0n) is 12.2. The molecule has 108 valence electrons. The van der Waals surface area contributed by atoms with Gasteiger partial charge in [0.15, 0.2) is 0 Å². The first kappa shape index (κ1) is 13.9. The van der Waals surface area contributed by atoms with Crippen LogP contribution in [0.2, 0.25) is 5.02 Å². The SMILES string of the molecule is CCn1cc(-c2cc(Cl)c3ccc(OC)c(C)c3n2)cn1. The van der Waals surface area contributed by atoms with Crippen LogP contribution < -0.4 is 4.74 Å². The molecule has 21 heavy (non-hydrogen) atoms. The predicted molar refractivity (Wildman–Crippen MR) is 84.9 cm³/mol. The molecule has 4 nitrogen and oxygen atoms in total. The summed E-state index contributed by atoms with van der Waals surface area (Å²) in [5, 5.41) is 5.90. The Kier molecular flexibility index (Phi) is 3.55. The van der Waals surface area contributed by atoms with Crippen LogP contribution >= 0.6 is 11.6 Å². The summed E-state index contributed by atoms with van der Waals surface area (Å²) in [5.74, 6) is 0.812. The molecular formula is C16H16ClN3O. The van der Waals surface area contributed by atoms with Gasteiger partial charge in [0.25, 0.3) is 0 Å². The average molecular weight is 302 g/mol. The van der Waals surface area contributed by atoms with E-state index in [1.807, 2.05) is 49.1 Å². The molecule has 1 aromatic carbocycles. The number of ether oxygens (including phenoxy) is 1. The van der Waals surface area contributed by atoms with Crippen LogP contribution in [0.25, 0.3) is 22.2 Å². The molecule has 0 saturated heterocycles. The number of aryl methyl sites for hydroxylation is 2. The lowest BCUT2D eigenvalue weighted by atomic mass is 10.1. The maximum Gasteiger partial charge on any atom is 0.123 e. The highest BCUT2D eigenvalue weighted by molar-refractivity contribution is 6.35. The van der Waals surface area contributed by atoms with Crippen molar-refractivity contribution in [3.8, 4) is 17.0 Å². The van der Waals surface area contributed by atoms with E-state index in [4.69, 9.17) is 21.3 Å². The summed E-state index contributed by atoms with van der Waals surface area (Å²) in [6.45, 7) is 4.87. The standard InChI is InChI=1S/C16H16ClN3O/c1-4-20-9-11(8-18-20)14-7-13(17)12-5-6-15(21-3)10(2)16(12)19-14/h5-9H,4H2,1-3H3. The lowest BCUT2D eigenvalue weighted by molar-refractivity contribution is 0.412. The fourth-order valence-electron chi connectivity index (χ4n) is 2.41. The molecule has 0 bridgehead atoms. The monoisotopic (exact) mass is 301 g/mol. The number of rotatable bonds is 3. The van der Waals surface area contributed by atoms with E-state index in [0.29, 0.717) is 5.02 Å². The number of benzene rings is 1. The molecule has 3 rings (SSSR count). The molecule has 2 heterocycles. The van der Waals surface area contributed by atoms with Crippen LogP contribution in [0.4, 0.5) is 0 Å². The lowest BCUT2D eigenvalue weighted by Crippen LogP contribution is -1.93. The molecule has 0 atom stereocenters. The summed E-state index contributed by atoms with van der Waals surface area (Å²) >= 11 is 6.41. The Labute approximate surface area is 128 Å². The van der Waals surface area contributed by atoms with Crippen LogP contribution in [-0.4, -0.2) is 21.9 Å². The molecule has 0 aliphatic carbocycles. The van der Waals surface area contributed by atoms with Gasteiger partial charge < -0.3 is 4.74 Å². The summed E-state index contributed by atoms with van der Waals surface area (Å²) in [6.07, 6.45) is 3.78. The van der Waals surface area contributed by atoms with E-state index >= 15 is 0 Å². The third-order valence-electron chi connectivity index (χ3n) is 3.61. The minimum atomic E-state index is 0.685. The zero-order chi connectivity index (χ0) is 15.0. The van der Waals surface area contributed by atoms with Crippen molar-refractivity contribution in [2.45, 2.75) is 20.4 Å². The number of hydrogen-bond acceptors (Lipinski definition) is 3. The van der Waals surface area contributed by atoms with E-state index in [9.17, 15) is 0 Å². The second kappa shape index (κ2) is 5.37. The van der Waals surface area contributed by atoms with Crippen LogP contribution in [0.3, 0.4) is 0 Å². The number of hydrogen-bond donors (Lipinski definition) is 0. The maximum atomic E-state index is 6.41. The minimum absolute atomic E-state index is 0.685. The van der Waals surface area contributed by atoms with E-state index in [1.54, 1.807) is 7.11 Å². The van der Waals surface area contributed by atoms with Gasteiger partial charge in [-0.3, -0.25) is 4.68 Å². The van der Waals surface area contributed by atoms with Gasteiger partial charge in [-0.1, -0.05) is 11.6 Å². The van der Waals surface area contributed by atoms with E-state index < -0.39 is 0 Å². The third kappa shape index (κ3) is 2.36.